The molecule has 1 aliphatic rings. The van der Waals surface area contributed by atoms with E-state index in [1.54, 1.807) is 4.90 Å². The number of rotatable bonds is 4. The van der Waals surface area contributed by atoms with Crippen LogP contribution in [0.1, 0.15) is 27.2 Å². The molecule has 74 valence electrons. The Morgan fingerprint density at radius 3 is 2.62 bits per heavy atom. The summed E-state index contributed by atoms with van der Waals surface area (Å²) in [5.74, 6) is 0.393. The third kappa shape index (κ3) is 2.08. The van der Waals surface area contributed by atoms with Gasteiger partial charge in [-0.2, -0.15) is 0 Å². The largest absolute Gasteiger partial charge is 0.342 e. The smallest absolute Gasteiger partial charge is 0.227 e. The molecule has 1 rings (SSSR count). The van der Waals surface area contributed by atoms with Crippen molar-refractivity contribution in [2.45, 2.75) is 27.2 Å². The second-order valence-electron chi connectivity index (χ2n) is 3.90. The lowest BCUT2D eigenvalue weighted by Gasteiger charge is -2.37. The molecule has 1 amide bonds. The predicted molar refractivity (Wildman–Crippen MR) is 50.2 cm³/mol. The van der Waals surface area contributed by atoms with Gasteiger partial charge in [-0.15, -0.1) is 0 Å². The molecule has 0 aromatic heterocycles. The highest BCUT2D eigenvalue weighted by atomic mass is 16.2. The van der Waals surface area contributed by atoms with Gasteiger partial charge in [-0.3, -0.25) is 9.59 Å². The molecular formula is C10H17NO2. The molecule has 0 aromatic rings. The van der Waals surface area contributed by atoms with Crippen LogP contribution in [0.3, 0.4) is 0 Å². The molecule has 0 N–H and O–H groups in total. The van der Waals surface area contributed by atoms with Crippen LogP contribution in [0, 0.1) is 11.8 Å². The van der Waals surface area contributed by atoms with Crippen molar-refractivity contribution < 1.29 is 9.59 Å². The van der Waals surface area contributed by atoms with Crippen LogP contribution in [-0.2, 0) is 9.59 Å². The summed E-state index contributed by atoms with van der Waals surface area (Å²) in [4.78, 5) is 24.4. The van der Waals surface area contributed by atoms with Crippen LogP contribution in [-0.4, -0.2) is 29.7 Å². The van der Waals surface area contributed by atoms with Crippen LogP contribution < -0.4 is 0 Å². The van der Waals surface area contributed by atoms with Crippen LogP contribution in [0.15, 0.2) is 0 Å². The fraction of sp³-hybridized carbons (Fsp3) is 0.800. The fourth-order valence-electron chi connectivity index (χ4n) is 1.50. The topological polar surface area (TPSA) is 37.4 Å². The molecule has 13 heavy (non-hydrogen) atoms. The van der Waals surface area contributed by atoms with Crippen LogP contribution >= 0.6 is 0 Å². The molecule has 0 unspecified atom stereocenters. The molecule has 0 bridgehead atoms. The molecule has 0 radical (unpaired) electrons. The number of ketones is 1. The number of carbonyl (C=O) groups is 2. The van der Waals surface area contributed by atoms with Gasteiger partial charge in [0.05, 0.1) is 5.92 Å². The van der Waals surface area contributed by atoms with Gasteiger partial charge in [0.2, 0.25) is 5.91 Å². The van der Waals surface area contributed by atoms with Crippen molar-refractivity contribution >= 4 is 11.7 Å². The van der Waals surface area contributed by atoms with Gasteiger partial charge in [0.25, 0.3) is 0 Å². The van der Waals surface area contributed by atoms with Crippen molar-refractivity contribution in [1.82, 2.24) is 4.90 Å². The summed E-state index contributed by atoms with van der Waals surface area (Å²) >= 11 is 0. The maximum absolute atomic E-state index is 11.3. The molecule has 0 aliphatic carbocycles. The van der Waals surface area contributed by atoms with E-state index in [1.165, 1.54) is 0 Å². The summed E-state index contributed by atoms with van der Waals surface area (Å²) in [5, 5.41) is 0. The zero-order chi connectivity index (χ0) is 10.0. The molecule has 0 aromatic carbocycles. The van der Waals surface area contributed by atoms with E-state index >= 15 is 0 Å². The summed E-state index contributed by atoms with van der Waals surface area (Å²) < 4.78 is 0. The van der Waals surface area contributed by atoms with Crippen molar-refractivity contribution in [2.24, 2.45) is 11.8 Å². The Morgan fingerprint density at radius 2 is 2.23 bits per heavy atom. The monoisotopic (exact) mass is 183 g/mol. The summed E-state index contributed by atoms with van der Waals surface area (Å²) in [6, 6.07) is 0. The van der Waals surface area contributed by atoms with E-state index in [-0.39, 0.29) is 23.5 Å². The van der Waals surface area contributed by atoms with Gasteiger partial charge in [0.1, 0.15) is 5.78 Å². The first-order valence-electron chi connectivity index (χ1n) is 4.87. The lowest BCUT2D eigenvalue weighted by atomic mass is 9.90. The number of Topliss-reactive ketones (excluding diaryl/α,β-unsaturated/α-hetero) is 1. The van der Waals surface area contributed by atoms with Crippen molar-refractivity contribution in [3.63, 3.8) is 0 Å². The number of hydrogen-bond acceptors (Lipinski definition) is 2. The Hall–Kier alpha value is -0.860. The van der Waals surface area contributed by atoms with E-state index in [0.29, 0.717) is 6.42 Å². The van der Waals surface area contributed by atoms with Gasteiger partial charge in [0.15, 0.2) is 0 Å². The molecule has 1 aliphatic heterocycles. The van der Waals surface area contributed by atoms with E-state index in [2.05, 4.69) is 0 Å². The Balaban J connectivity index is 2.34. The lowest BCUT2D eigenvalue weighted by molar-refractivity contribution is -0.150. The average molecular weight is 183 g/mol. The molecular weight excluding hydrogens is 166 g/mol. The Morgan fingerprint density at radius 1 is 1.62 bits per heavy atom. The van der Waals surface area contributed by atoms with Gasteiger partial charge in [-0.25, -0.2) is 0 Å². The third-order valence-electron chi connectivity index (χ3n) is 2.57. The third-order valence-corrected chi connectivity index (χ3v) is 2.57. The Bertz CT molecular complexity index is 223. The standard InChI is InChI=1S/C10H17NO2/c1-4-11-6-8(10(11)13)5-9(12)7(2)3/h7-8H,4-6H2,1-3H3/t8-/m1/s1. The van der Waals surface area contributed by atoms with Gasteiger partial charge >= 0.3 is 0 Å². The molecule has 3 heteroatoms. The molecule has 0 spiro atoms. The average Bonchev–Trinajstić information content (AvgIpc) is 2.10. The van der Waals surface area contributed by atoms with Crippen molar-refractivity contribution in [1.29, 1.82) is 0 Å². The summed E-state index contributed by atoms with van der Waals surface area (Å²) in [5.41, 5.74) is 0. The first kappa shape index (κ1) is 10.2. The second-order valence-corrected chi connectivity index (χ2v) is 3.90. The van der Waals surface area contributed by atoms with E-state index in [9.17, 15) is 9.59 Å². The highest BCUT2D eigenvalue weighted by Gasteiger charge is 2.36. The number of carbonyl (C=O) groups excluding carboxylic acids is 2. The quantitative estimate of drug-likeness (QED) is 0.612. The number of nitrogens with zero attached hydrogens (tertiary/aromatic N) is 1. The zero-order valence-corrected chi connectivity index (χ0v) is 8.54. The predicted octanol–water partition coefficient (Wildman–Crippen LogP) is 1.08. The number of likely N-dealkylation sites (tertiary alicyclic amines) is 1. The number of β-lactam (4-membered cyclic amide) rings is 1. The number of hydrogen-bond donors (Lipinski definition) is 0. The maximum Gasteiger partial charge on any atom is 0.227 e. The minimum atomic E-state index is -0.0187. The van der Waals surface area contributed by atoms with Crippen molar-refractivity contribution in [2.75, 3.05) is 13.1 Å². The molecule has 1 saturated heterocycles. The van der Waals surface area contributed by atoms with E-state index in [4.69, 9.17) is 0 Å². The second kappa shape index (κ2) is 3.90. The number of amides is 1. The first-order valence-corrected chi connectivity index (χ1v) is 4.87. The van der Waals surface area contributed by atoms with Crippen LogP contribution in [0.25, 0.3) is 0 Å². The van der Waals surface area contributed by atoms with Gasteiger partial charge in [0, 0.05) is 25.4 Å². The van der Waals surface area contributed by atoms with Crippen molar-refractivity contribution in [3.8, 4) is 0 Å². The molecule has 1 fully saturated rings. The van der Waals surface area contributed by atoms with Gasteiger partial charge in [-0.05, 0) is 6.92 Å². The van der Waals surface area contributed by atoms with E-state index in [0.717, 1.165) is 13.1 Å². The maximum atomic E-state index is 11.3. The minimum absolute atomic E-state index is 0.0187. The molecule has 1 heterocycles. The highest BCUT2D eigenvalue weighted by molar-refractivity contribution is 5.91. The normalized spacial score (nSPS) is 22.0. The first-order chi connectivity index (χ1) is 6.06. The van der Waals surface area contributed by atoms with Gasteiger partial charge < -0.3 is 4.90 Å². The summed E-state index contributed by atoms with van der Waals surface area (Å²) in [6.45, 7) is 7.25. The minimum Gasteiger partial charge on any atom is -0.342 e. The fourth-order valence-corrected chi connectivity index (χ4v) is 1.50. The Kier molecular flexibility index (Phi) is 3.07. The lowest BCUT2D eigenvalue weighted by Crippen LogP contribution is -2.52. The van der Waals surface area contributed by atoms with Crippen LogP contribution in [0.2, 0.25) is 0 Å². The molecule has 3 nitrogen and oxygen atoms in total. The van der Waals surface area contributed by atoms with E-state index in [1.807, 2.05) is 20.8 Å². The van der Waals surface area contributed by atoms with E-state index < -0.39 is 0 Å². The van der Waals surface area contributed by atoms with Gasteiger partial charge in [-0.1, -0.05) is 13.8 Å². The summed E-state index contributed by atoms with van der Waals surface area (Å²) in [6.07, 6.45) is 0.438. The molecule has 1 atom stereocenters. The zero-order valence-electron chi connectivity index (χ0n) is 8.54. The van der Waals surface area contributed by atoms with Crippen LogP contribution in [0.5, 0.6) is 0 Å². The van der Waals surface area contributed by atoms with Crippen molar-refractivity contribution in [3.05, 3.63) is 0 Å². The summed E-state index contributed by atoms with van der Waals surface area (Å²) in [7, 11) is 0. The highest BCUT2D eigenvalue weighted by Crippen LogP contribution is 2.22. The SMILES string of the molecule is CCN1C[C@@H](CC(=O)C(C)C)C1=O. The Labute approximate surface area is 79.1 Å². The van der Waals surface area contributed by atoms with Crippen LogP contribution in [0.4, 0.5) is 0 Å². The molecule has 0 saturated carbocycles.